The van der Waals surface area contributed by atoms with Gasteiger partial charge in [-0.3, -0.25) is 14.4 Å². The van der Waals surface area contributed by atoms with Crippen molar-refractivity contribution < 1.29 is 33.6 Å². The maximum absolute atomic E-state index is 13.3. The van der Waals surface area contributed by atoms with Gasteiger partial charge >= 0.3 is 24.1 Å². The van der Waals surface area contributed by atoms with E-state index in [-0.39, 0.29) is 83.3 Å². The van der Waals surface area contributed by atoms with Crippen molar-refractivity contribution >= 4 is 155 Å². The van der Waals surface area contributed by atoms with Crippen LogP contribution in [0.4, 0.5) is 87.9 Å². The number of nitrogen functional groups attached to an aromatic ring is 1. The number of aromatic nitrogens is 16. The second-order valence-corrected chi connectivity index (χ2v) is 38.4. The summed E-state index contributed by atoms with van der Waals surface area (Å²) < 4.78 is 7.45. The number of aryl methyl sites for hydroxylation is 4. The molecule has 0 spiro atoms. The van der Waals surface area contributed by atoms with E-state index in [1.807, 2.05) is 306 Å². The molecule has 9 heterocycles. The van der Waals surface area contributed by atoms with Crippen molar-refractivity contribution in [3.8, 4) is 45.0 Å². The fourth-order valence-electron chi connectivity index (χ4n) is 17.4. The van der Waals surface area contributed by atoms with Crippen LogP contribution in [0, 0.1) is 39.5 Å². The van der Waals surface area contributed by atoms with Gasteiger partial charge in [-0.2, -0.15) is 20.4 Å². The second kappa shape index (κ2) is 44.3. The molecule has 3 aliphatic rings. The molecule has 8 aromatic heterocycles. The highest BCUT2D eigenvalue weighted by atomic mass is 16.2. The number of anilines is 12. The van der Waals surface area contributed by atoms with Crippen LogP contribution in [-0.2, 0) is 15.0 Å². The molecule has 17 aromatic rings. The van der Waals surface area contributed by atoms with Crippen LogP contribution in [0.15, 0.2) is 244 Å². The van der Waals surface area contributed by atoms with Crippen LogP contribution >= 0.6 is 0 Å². The predicted octanol–water partition coefficient (Wildman–Crippen LogP) is 22.7. The third-order valence-corrected chi connectivity index (χ3v) is 25.0. The van der Waals surface area contributed by atoms with Crippen LogP contribution in [0.3, 0.4) is 0 Å². The fourth-order valence-corrected chi connectivity index (χ4v) is 17.4. The lowest BCUT2D eigenvalue weighted by atomic mass is 9.87. The number of hydrogen-bond acceptors (Lipinski definition) is 21. The van der Waals surface area contributed by atoms with Crippen molar-refractivity contribution in [3.05, 3.63) is 277 Å². The standard InChI is InChI=1S/C33H35N7O2.C28H31N7O2.C26H27N7O2.C23H24N8O/c1-20(2)40-30-27(29(34-19-35-30)38-31(41)23-10-14-24(15-11-23)33(4,5)6)28(39-40)22-12-16-25(17-13-22)36-32(42)37-26-9-7-8-21(3)18-26;1-17(2)35-26-23(25(29-16-30-26)33-27(36)20-8-4-5-9-20)24(34-35)19-11-13-21(14-12-19)31-28(37)32-22-10-6-7-18(3)15-22;1-15(2)33-24-21(23(27-14-28-24)31-25(34)18-7-8-18)22(32-33)17-9-11-19(12-10-17)29-26(35)30-20-6-4-5-16(3)13-20;1-14-3-2-4-17(11-14)29-23(32)28-16-7-5-15(6-8-16)20-19-21(24)26-13-27-22(19)31(30-20)18-9-10-25-12-18/h7-20H,1-6H3,(H2,36,37,42)(H,34,35,38,41);6-7,10-17,20H,4-5,8-9H2,1-3H3,(H2,31,32,37)(H,29,30,33,36);4-6,9-15,18H,7-8H2,1-3H3,(H2,29,30,35)(H,27,28,31,34);2-8,11,13,18,25H,9-10,12H2,1H3,(H2,24,26,27)(H2,28,29,32)/t;;;18-/m...1/s1. The van der Waals surface area contributed by atoms with Crippen molar-refractivity contribution in [2.45, 2.75) is 165 Å². The predicted molar refractivity (Wildman–Crippen MR) is 575 cm³/mol. The molecule has 1 atom stereocenters. The first kappa shape index (κ1) is 100.0. The van der Waals surface area contributed by atoms with Crippen LogP contribution in [0.2, 0.25) is 0 Å². The molecule has 146 heavy (non-hydrogen) atoms. The van der Waals surface area contributed by atoms with Gasteiger partial charge in [-0.1, -0.05) is 143 Å². The molecule has 2 saturated carbocycles. The highest BCUT2D eigenvalue weighted by Gasteiger charge is 2.33. The van der Waals surface area contributed by atoms with E-state index in [9.17, 15) is 33.6 Å². The maximum Gasteiger partial charge on any atom is 0.323 e. The van der Waals surface area contributed by atoms with E-state index in [0.29, 0.717) is 102 Å². The van der Waals surface area contributed by atoms with Gasteiger partial charge in [-0.05, 0) is 250 Å². The highest BCUT2D eigenvalue weighted by molar-refractivity contribution is 6.12. The number of rotatable bonds is 22. The van der Waals surface area contributed by atoms with Gasteiger partial charge in [-0.25, -0.2) is 77.8 Å². The van der Waals surface area contributed by atoms with Crippen molar-refractivity contribution in [1.82, 2.24) is 84.3 Å². The Morgan fingerprint density at radius 3 is 0.973 bits per heavy atom. The monoisotopic (exact) mass is 1960 g/mol. The Morgan fingerprint density at radius 2 is 0.658 bits per heavy atom. The number of benzene rings is 9. The summed E-state index contributed by atoms with van der Waals surface area (Å²) in [5, 5.41) is 57.3. The van der Waals surface area contributed by atoms with E-state index in [1.165, 1.54) is 25.3 Å². The Balaban J connectivity index is 0.000000134. The number of amides is 11. The first-order chi connectivity index (χ1) is 70.3. The van der Waals surface area contributed by atoms with Gasteiger partial charge in [0.1, 0.15) is 71.4 Å². The van der Waals surface area contributed by atoms with E-state index in [4.69, 9.17) is 26.1 Å². The largest absolute Gasteiger partial charge is 0.383 e. The van der Waals surface area contributed by atoms with Crippen LogP contribution in [0.1, 0.15) is 170 Å². The topological polar surface area (TPSA) is 464 Å². The molecule has 744 valence electrons. The molecule has 20 rings (SSSR count). The normalized spacial score (nSPS) is 13.4. The van der Waals surface area contributed by atoms with Gasteiger partial charge in [0.05, 0.1) is 27.6 Å². The zero-order valence-corrected chi connectivity index (χ0v) is 83.5. The number of carbonyl (C=O) groups is 7. The van der Waals surface area contributed by atoms with Gasteiger partial charge in [0.15, 0.2) is 22.6 Å². The lowest BCUT2D eigenvalue weighted by molar-refractivity contribution is -0.119. The summed E-state index contributed by atoms with van der Waals surface area (Å²) >= 11 is 0. The smallest absolute Gasteiger partial charge is 0.323 e. The Labute approximate surface area is 843 Å². The van der Waals surface area contributed by atoms with E-state index in [2.05, 4.69) is 124 Å². The Bertz CT molecular complexity index is 7660. The minimum absolute atomic E-state index is 0.0000768. The Kier molecular flexibility index (Phi) is 30.3. The van der Waals surface area contributed by atoms with Crippen molar-refractivity contribution in [2.75, 3.05) is 77.3 Å². The van der Waals surface area contributed by atoms with Gasteiger partial charge in [-0.15, -0.1) is 0 Å². The van der Waals surface area contributed by atoms with Crippen LogP contribution < -0.4 is 69.5 Å². The first-order valence-corrected chi connectivity index (χ1v) is 48.8. The van der Waals surface area contributed by atoms with Crippen molar-refractivity contribution in [3.63, 3.8) is 0 Å². The molecule has 9 aromatic carbocycles. The average Bonchev–Trinajstić information content (AvgIpc) is 1.62. The van der Waals surface area contributed by atoms with Gasteiger partial charge in [0.2, 0.25) is 11.8 Å². The number of nitrogens with two attached hydrogens (primary N) is 1. The number of hydrogen-bond donors (Lipinski definition) is 13. The van der Waals surface area contributed by atoms with E-state index in [0.717, 1.165) is 148 Å². The van der Waals surface area contributed by atoms with Gasteiger partial charge in [0.25, 0.3) is 5.91 Å². The molecule has 2 aliphatic carbocycles. The summed E-state index contributed by atoms with van der Waals surface area (Å²) in [4.78, 5) is 124. The Hall–Kier alpha value is -17.6. The molecular weight excluding hydrogens is 1840 g/mol. The first-order valence-electron chi connectivity index (χ1n) is 48.8. The van der Waals surface area contributed by atoms with Crippen molar-refractivity contribution in [2.24, 2.45) is 11.8 Å². The summed E-state index contributed by atoms with van der Waals surface area (Å²) in [7, 11) is 0. The number of urea groups is 4. The molecule has 3 fully saturated rings. The number of carbonyl (C=O) groups excluding carboxylic acids is 7. The van der Waals surface area contributed by atoms with Gasteiger partial charge in [0, 0.05) is 110 Å². The van der Waals surface area contributed by atoms with Crippen LogP contribution in [0.5, 0.6) is 0 Å². The second-order valence-electron chi connectivity index (χ2n) is 38.4. The van der Waals surface area contributed by atoms with E-state index in [1.54, 1.807) is 0 Å². The molecule has 14 N–H and O–H groups in total. The summed E-state index contributed by atoms with van der Waals surface area (Å²) in [6.45, 7) is 28.3. The van der Waals surface area contributed by atoms with E-state index < -0.39 is 0 Å². The lowest BCUT2D eigenvalue weighted by Gasteiger charge is -2.19. The summed E-state index contributed by atoms with van der Waals surface area (Å²) in [6, 6.07) is 66.9. The minimum atomic E-state index is -0.336. The molecule has 1 saturated heterocycles. The Morgan fingerprint density at radius 1 is 0.342 bits per heavy atom. The molecule has 0 bridgehead atoms. The number of nitrogens with zero attached hydrogens (tertiary/aromatic N) is 16. The zero-order chi connectivity index (χ0) is 103. The SMILES string of the molecule is Cc1cccc(NC(=O)Nc2ccc(-c3nn(C(C)C)c4ncnc(NC(=O)C5CC5)c34)cc2)c1.Cc1cccc(NC(=O)Nc2ccc(-c3nn(C(C)C)c4ncnc(NC(=O)C5CCCC5)c34)cc2)c1.Cc1cccc(NC(=O)Nc2ccc(-c3nn(C(C)C)c4ncnc(NC(=O)c5ccc(C(C)(C)C)cc5)c34)cc2)c1.Cc1cccc(NC(=O)Nc2ccc(-c3nn([C@@H]4CCNC4)c4ncnc(N)c34)cc2)c1. The maximum atomic E-state index is 13.3. The molecular formula is C110H117N29O7. The molecule has 11 amide bonds. The molecule has 0 unspecified atom stereocenters. The summed E-state index contributed by atoms with van der Waals surface area (Å²) in [6.07, 6.45) is 12.6. The quantitative estimate of drug-likeness (QED) is 0.0300. The third-order valence-electron chi connectivity index (χ3n) is 25.0. The average molecular weight is 1960 g/mol. The molecule has 1 aliphatic heterocycles. The molecule has 36 heteroatoms. The van der Waals surface area contributed by atoms with Crippen LogP contribution in [0.25, 0.3) is 89.2 Å². The summed E-state index contributed by atoms with van der Waals surface area (Å²) in [5.74, 6) is 1.51. The van der Waals surface area contributed by atoms with E-state index >= 15 is 0 Å². The fraction of sp³-hybridized carbons (Fsp3) is 0.264. The third kappa shape index (κ3) is 24.1. The molecule has 36 nitrogen and oxygen atoms in total. The lowest BCUT2D eigenvalue weighted by Crippen LogP contribution is -2.21. The zero-order valence-electron chi connectivity index (χ0n) is 83.5. The van der Waals surface area contributed by atoms with Crippen molar-refractivity contribution in [1.29, 1.82) is 0 Å². The summed E-state index contributed by atoms with van der Waals surface area (Å²) in [5.41, 5.74) is 26.4. The minimum Gasteiger partial charge on any atom is -0.383 e. The van der Waals surface area contributed by atoms with Gasteiger partial charge < -0.3 is 69.5 Å². The number of fused-ring (bicyclic) bond motifs is 4. The van der Waals surface area contributed by atoms with Crippen LogP contribution in [-0.4, -0.2) is 134 Å². The molecule has 0 radical (unpaired) electrons. The highest BCUT2D eigenvalue weighted by Crippen LogP contribution is 2.41. The number of nitrogens with one attached hydrogen (secondary N) is 12.